The van der Waals surface area contributed by atoms with Crippen LogP contribution in [0.3, 0.4) is 0 Å². The van der Waals surface area contributed by atoms with Crippen LogP contribution in [0.5, 0.6) is 0 Å². The van der Waals surface area contributed by atoms with E-state index in [1.54, 1.807) is 9.80 Å². The highest BCUT2D eigenvalue weighted by molar-refractivity contribution is 5.96. The Labute approximate surface area is 235 Å². The van der Waals surface area contributed by atoms with Gasteiger partial charge in [0, 0.05) is 31.4 Å². The van der Waals surface area contributed by atoms with Crippen molar-refractivity contribution in [2.75, 3.05) is 37.7 Å². The zero-order valence-electron chi connectivity index (χ0n) is 23.2. The summed E-state index contributed by atoms with van der Waals surface area (Å²) in [6, 6.07) is 17.4. The molecule has 4 amide bonds. The number of anilines is 1. The van der Waals surface area contributed by atoms with Gasteiger partial charge in [-0.15, -0.1) is 0 Å². The van der Waals surface area contributed by atoms with E-state index in [1.807, 2.05) is 62.4 Å². The summed E-state index contributed by atoms with van der Waals surface area (Å²) in [4.78, 5) is 57.5. The van der Waals surface area contributed by atoms with E-state index in [-0.39, 0.29) is 48.8 Å². The van der Waals surface area contributed by atoms with Crippen molar-refractivity contribution in [2.45, 2.75) is 57.3 Å². The molecule has 3 aliphatic heterocycles. The Balaban J connectivity index is 1.20. The molecule has 3 heterocycles. The van der Waals surface area contributed by atoms with Crippen LogP contribution in [0.15, 0.2) is 54.6 Å². The molecular formula is C30H38N6O4. The highest BCUT2D eigenvalue weighted by atomic mass is 16.2. The van der Waals surface area contributed by atoms with Gasteiger partial charge in [0.2, 0.25) is 17.7 Å². The van der Waals surface area contributed by atoms with E-state index in [9.17, 15) is 19.2 Å². The second kappa shape index (κ2) is 11.7. The van der Waals surface area contributed by atoms with E-state index in [2.05, 4.69) is 26.9 Å². The fraction of sp³-hybridized carbons (Fsp3) is 0.467. The summed E-state index contributed by atoms with van der Waals surface area (Å²) in [7, 11) is 0. The average Bonchev–Trinajstić information content (AvgIpc) is 3.21. The first-order valence-corrected chi connectivity index (χ1v) is 14.0. The summed E-state index contributed by atoms with van der Waals surface area (Å²) in [5.41, 5.74) is 2.43. The van der Waals surface area contributed by atoms with Gasteiger partial charge >= 0.3 is 0 Å². The standard InChI is InChI=1S/C30H38N6O4/c1-21(2)33-26(37)19-35-20-36(24-10-4-3-5-11-24)30(29(35)40)12-14-34(15-13-30)27(38)18-32-28(39)25-16-22-8-6-7-9-23(22)17-31-25/h3-11,21,25,31H,12-20H2,1-2H3,(H,32,39)(H,33,37)/t25-/m1/s1. The topological polar surface area (TPSA) is 114 Å². The first-order chi connectivity index (χ1) is 19.3. The number of hydrogen-bond acceptors (Lipinski definition) is 6. The minimum atomic E-state index is -0.821. The third kappa shape index (κ3) is 5.67. The Kier molecular flexibility index (Phi) is 8.07. The van der Waals surface area contributed by atoms with Gasteiger partial charge in [0.05, 0.1) is 19.3 Å². The summed E-state index contributed by atoms with van der Waals surface area (Å²) < 4.78 is 0. The molecule has 0 unspecified atom stereocenters. The number of nitrogens with zero attached hydrogens (tertiary/aromatic N) is 3. The lowest BCUT2D eigenvalue weighted by Crippen LogP contribution is -2.58. The molecule has 40 heavy (non-hydrogen) atoms. The number of piperidine rings is 1. The lowest BCUT2D eigenvalue weighted by molar-refractivity contribution is -0.140. The monoisotopic (exact) mass is 546 g/mol. The molecular weight excluding hydrogens is 508 g/mol. The number of rotatable bonds is 7. The van der Waals surface area contributed by atoms with Gasteiger partial charge < -0.3 is 30.7 Å². The lowest BCUT2D eigenvalue weighted by atomic mass is 9.85. The fourth-order valence-corrected chi connectivity index (χ4v) is 6.03. The van der Waals surface area contributed by atoms with Crippen LogP contribution in [0.2, 0.25) is 0 Å². The molecule has 0 aromatic heterocycles. The van der Waals surface area contributed by atoms with Crippen molar-refractivity contribution in [2.24, 2.45) is 0 Å². The quantitative estimate of drug-likeness (QED) is 0.478. The summed E-state index contributed by atoms with van der Waals surface area (Å²) >= 11 is 0. The summed E-state index contributed by atoms with van der Waals surface area (Å²) in [6.45, 7) is 5.42. The number of carbonyl (C=O) groups excluding carboxylic acids is 4. The number of nitrogens with one attached hydrogen (secondary N) is 3. The first-order valence-electron chi connectivity index (χ1n) is 14.0. The van der Waals surface area contributed by atoms with Crippen molar-refractivity contribution in [3.63, 3.8) is 0 Å². The molecule has 10 nitrogen and oxygen atoms in total. The average molecular weight is 547 g/mol. The van der Waals surface area contributed by atoms with Gasteiger partial charge in [-0.25, -0.2) is 0 Å². The highest BCUT2D eigenvalue weighted by Crippen LogP contribution is 2.39. The van der Waals surface area contributed by atoms with Crippen LogP contribution in [0.4, 0.5) is 5.69 Å². The van der Waals surface area contributed by atoms with Crippen LogP contribution in [0, 0.1) is 0 Å². The molecule has 1 spiro atoms. The van der Waals surface area contributed by atoms with Crippen LogP contribution < -0.4 is 20.9 Å². The van der Waals surface area contributed by atoms with Gasteiger partial charge in [0.15, 0.2) is 0 Å². The van der Waals surface area contributed by atoms with E-state index in [1.165, 1.54) is 5.56 Å². The zero-order valence-corrected chi connectivity index (χ0v) is 23.2. The SMILES string of the molecule is CC(C)NC(=O)CN1CN(c2ccccc2)C2(CCN(C(=O)CNC(=O)[C@H]3Cc4ccccc4CN3)CC2)C1=O. The number of carbonyl (C=O) groups is 4. The largest absolute Gasteiger partial charge is 0.352 e. The number of amides is 4. The number of likely N-dealkylation sites (tertiary alicyclic amines) is 1. The molecule has 2 aromatic carbocycles. The van der Waals surface area contributed by atoms with Gasteiger partial charge in [-0.05, 0) is 56.4 Å². The minimum absolute atomic E-state index is 0.00352. The van der Waals surface area contributed by atoms with Gasteiger partial charge in [-0.3, -0.25) is 19.2 Å². The normalized spacial score (nSPS) is 20.0. The number of fused-ring (bicyclic) bond motifs is 1. The molecule has 5 rings (SSSR count). The predicted molar refractivity (Wildman–Crippen MR) is 151 cm³/mol. The molecule has 212 valence electrons. The van der Waals surface area contributed by atoms with E-state index in [0.717, 1.165) is 11.3 Å². The van der Waals surface area contributed by atoms with Gasteiger partial charge in [-0.2, -0.15) is 0 Å². The van der Waals surface area contributed by atoms with Crippen molar-refractivity contribution in [1.29, 1.82) is 0 Å². The van der Waals surface area contributed by atoms with Crippen LogP contribution in [-0.4, -0.2) is 83.9 Å². The van der Waals surface area contributed by atoms with Crippen LogP contribution in [-0.2, 0) is 32.1 Å². The second-order valence-corrected chi connectivity index (χ2v) is 11.2. The van der Waals surface area contributed by atoms with Crippen LogP contribution in [0.1, 0.15) is 37.8 Å². The maximum absolute atomic E-state index is 13.8. The van der Waals surface area contributed by atoms with E-state index < -0.39 is 5.54 Å². The lowest BCUT2D eigenvalue weighted by Gasteiger charge is -2.43. The van der Waals surface area contributed by atoms with E-state index in [4.69, 9.17) is 0 Å². The number of hydrogen-bond donors (Lipinski definition) is 3. The molecule has 1 atom stereocenters. The number of para-hydroxylation sites is 1. The highest BCUT2D eigenvalue weighted by Gasteiger charge is 2.54. The zero-order chi connectivity index (χ0) is 28.3. The number of benzene rings is 2. The summed E-state index contributed by atoms with van der Waals surface area (Å²) in [5.74, 6) is -0.621. The smallest absolute Gasteiger partial charge is 0.250 e. The molecule has 2 saturated heterocycles. The summed E-state index contributed by atoms with van der Waals surface area (Å²) in [6.07, 6.45) is 1.49. The van der Waals surface area contributed by atoms with Crippen LogP contribution in [0.25, 0.3) is 0 Å². The molecule has 3 aliphatic rings. The third-order valence-electron chi connectivity index (χ3n) is 8.12. The van der Waals surface area contributed by atoms with Crippen molar-refractivity contribution in [1.82, 2.24) is 25.8 Å². The third-order valence-corrected chi connectivity index (χ3v) is 8.12. The molecule has 0 radical (unpaired) electrons. The molecule has 2 aromatic rings. The Morgan fingerprint density at radius 2 is 1.68 bits per heavy atom. The van der Waals surface area contributed by atoms with Crippen LogP contribution >= 0.6 is 0 Å². The molecule has 0 saturated carbocycles. The molecule has 10 heteroatoms. The first kappa shape index (κ1) is 27.6. The van der Waals surface area contributed by atoms with E-state index in [0.29, 0.717) is 45.6 Å². The second-order valence-electron chi connectivity index (χ2n) is 11.2. The Morgan fingerprint density at radius 3 is 2.38 bits per heavy atom. The Morgan fingerprint density at radius 1 is 1.00 bits per heavy atom. The van der Waals surface area contributed by atoms with Gasteiger partial charge in [0.1, 0.15) is 12.1 Å². The molecule has 0 bridgehead atoms. The van der Waals surface area contributed by atoms with E-state index >= 15 is 0 Å². The van der Waals surface area contributed by atoms with Crippen molar-refractivity contribution in [3.8, 4) is 0 Å². The van der Waals surface area contributed by atoms with Crippen molar-refractivity contribution < 1.29 is 19.2 Å². The Hall–Kier alpha value is -3.92. The maximum atomic E-state index is 13.8. The predicted octanol–water partition coefficient (Wildman–Crippen LogP) is 1.01. The molecule has 0 aliphatic carbocycles. The summed E-state index contributed by atoms with van der Waals surface area (Å²) in [5, 5.41) is 8.92. The van der Waals surface area contributed by atoms with Crippen molar-refractivity contribution >= 4 is 29.3 Å². The van der Waals surface area contributed by atoms with Gasteiger partial charge in [0.25, 0.3) is 5.91 Å². The fourth-order valence-electron chi connectivity index (χ4n) is 6.03. The molecule has 3 N–H and O–H groups in total. The molecule has 2 fully saturated rings. The minimum Gasteiger partial charge on any atom is -0.352 e. The maximum Gasteiger partial charge on any atom is 0.250 e. The van der Waals surface area contributed by atoms with Gasteiger partial charge in [-0.1, -0.05) is 42.5 Å². The van der Waals surface area contributed by atoms with Crippen molar-refractivity contribution in [3.05, 3.63) is 65.7 Å². The Bertz CT molecular complexity index is 1260.